The molecule has 3 heterocycles. The van der Waals surface area contributed by atoms with Gasteiger partial charge in [0.1, 0.15) is 5.69 Å². The second kappa shape index (κ2) is 9.06. The molecule has 186 valence electrons. The number of rotatable bonds is 5. The minimum atomic E-state index is -4.64. The van der Waals surface area contributed by atoms with E-state index in [1.165, 1.54) is 15.6 Å². The van der Waals surface area contributed by atoms with E-state index in [4.69, 9.17) is 0 Å². The maximum Gasteiger partial charge on any atom is 0.416 e. The number of nitrogens with zero attached hydrogens (tertiary/aromatic N) is 8. The number of hydrogen-bond donors (Lipinski definition) is 1. The van der Waals surface area contributed by atoms with Gasteiger partial charge in [0, 0.05) is 37.0 Å². The molecule has 36 heavy (non-hydrogen) atoms. The monoisotopic (exact) mass is 497 g/mol. The topological polar surface area (TPSA) is 107 Å². The first-order valence-corrected chi connectivity index (χ1v) is 11.2. The van der Waals surface area contributed by atoms with Crippen LogP contribution in [0.3, 0.4) is 0 Å². The lowest BCUT2D eigenvalue weighted by atomic mass is 10.1. The highest BCUT2D eigenvalue weighted by molar-refractivity contribution is 5.95. The van der Waals surface area contributed by atoms with Gasteiger partial charge in [0.25, 0.3) is 5.91 Å². The average molecular weight is 497 g/mol. The maximum atomic E-state index is 13.6. The molecule has 1 amide bonds. The Morgan fingerprint density at radius 3 is 2.67 bits per heavy atom. The van der Waals surface area contributed by atoms with Gasteiger partial charge in [0.05, 0.1) is 23.5 Å². The van der Waals surface area contributed by atoms with Crippen molar-refractivity contribution < 1.29 is 18.0 Å². The fraction of sp³-hybridized carbons (Fsp3) is 0.304. The van der Waals surface area contributed by atoms with Crippen molar-refractivity contribution in [1.29, 1.82) is 0 Å². The van der Waals surface area contributed by atoms with Gasteiger partial charge in [-0.05, 0) is 54.1 Å². The minimum absolute atomic E-state index is 0.0659. The fourth-order valence-corrected chi connectivity index (χ4v) is 4.24. The smallest absolute Gasteiger partial charge is 0.388 e. The van der Waals surface area contributed by atoms with Gasteiger partial charge in [-0.15, -0.1) is 10.2 Å². The van der Waals surface area contributed by atoms with Crippen molar-refractivity contribution in [3.8, 4) is 16.9 Å². The maximum absolute atomic E-state index is 13.6. The van der Waals surface area contributed by atoms with Crippen molar-refractivity contribution in [1.82, 2.24) is 40.1 Å². The molecule has 2 aromatic heterocycles. The van der Waals surface area contributed by atoms with Crippen LogP contribution in [0.1, 0.15) is 34.2 Å². The van der Waals surface area contributed by atoms with E-state index >= 15 is 0 Å². The summed E-state index contributed by atoms with van der Waals surface area (Å²) in [4.78, 5) is 14.8. The molecule has 1 unspecified atom stereocenters. The quantitative estimate of drug-likeness (QED) is 0.451. The van der Waals surface area contributed by atoms with Crippen molar-refractivity contribution in [2.75, 3.05) is 25.5 Å². The average Bonchev–Trinajstić information content (AvgIpc) is 3.63. The van der Waals surface area contributed by atoms with E-state index < -0.39 is 17.6 Å². The molecule has 1 saturated heterocycles. The highest BCUT2D eigenvalue weighted by Crippen LogP contribution is 2.33. The van der Waals surface area contributed by atoms with Crippen molar-refractivity contribution in [3.63, 3.8) is 0 Å². The zero-order valence-corrected chi connectivity index (χ0v) is 19.4. The molecule has 5 rings (SSSR count). The largest absolute Gasteiger partial charge is 0.416 e. The summed E-state index contributed by atoms with van der Waals surface area (Å²) >= 11 is 0. The fourth-order valence-electron chi connectivity index (χ4n) is 4.24. The summed E-state index contributed by atoms with van der Waals surface area (Å²) in [6.45, 7) is 2.24. The molecule has 4 aromatic rings. The molecule has 1 fully saturated rings. The van der Waals surface area contributed by atoms with Gasteiger partial charge in [-0.3, -0.25) is 4.79 Å². The van der Waals surface area contributed by atoms with Gasteiger partial charge in [-0.2, -0.15) is 17.9 Å². The number of amides is 1. The first-order chi connectivity index (χ1) is 17.2. The van der Waals surface area contributed by atoms with Gasteiger partial charge in [-0.1, -0.05) is 17.3 Å². The Labute approximate surface area is 203 Å². The molecule has 0 spiro atoms. The number of nitrogens with one attached hydrogen (secondary N) is 1. The third kappa shape index (κ3) is 4.51. The Kier molecular flexibility index (Phi) is 5.90. The van der Waals surface area contributed by atoms with E-state index in [1.807, 2.05) is 37.5 Å². The summed E-state index contributed by atoms with van der Waals surface area (Å²) in [6.07, 6.45) is -2.22. The van der Waals surface area contributed by atoms with Crippen LogP contribution in [0.15, 0.2) is 48.7 Å². The van der Waals surface area contributed by atoms with Crippen LogP contribution >= 0.6 is 0 Å². The summed E-state index contributed by atoms with van der Waals surface area (Å²) in [5.41, 5.74) is 1.56. The number of aromatic nitrogens is 7. The van der Waals surface area contributed by atoms with Crippen molar-refractivity contribution in [2.45, 2.75) is 25.6 Å². The third-order valence-electron chi connectivity index (χ3n) is 6.14. The van der Waals surface area contributed by atoms with Crippen LogP contribution in [0.4, 0.5) is 18.9 Å². The van der Waals surface area contributed by atoms with Crippen molar-refractivity contribution in [3.05, 3.63) is 65.6 Å². The van der Waals surface area contributed by atoms with E-state index in [1.54, 1.807) is 11.6 Å². The molecule has 0 radical (unpaired) electrons. The summed E-state index contributed by atoms with van der Waals surface area (Å²) in [5, 5.41) is 22.5. The molecule has 0 aliphatic carbocycles. The second-order valence-corrected chi connectivity index (χ2v) is 8.51. The van der Waals surface area contributed by atoms with Crippen LogP contribution in [-0.2, 0) is 6.18 Å². The molecule has 0 bridgehead atoms. The second-order valence-electron chi connectivity index (χ2n) is 8.51. The lowest BCUT2D eigenvalue weighted by Crippen LogP contribution is -2.29. The van der Waals surface area contributed by atoms with E-state index in [-0.39, 0.29) is 17.3 Å². The Bertz CT molecular complexity index is 1410. The summed E-state index contributed by atoms with van der Waals surface area (Å²) < 4.78 is 43.7. The Balaban J connectivity index is 1.37. The molecule has 0 saturated carbocycles. The molecular formula is C23H22F3N9O. The molecule has 13 heteroatoms. The highest BCUT2D eigenvalue weighted by Gasteiger charge is 2.34. The van der Waals surface area contributed by atoms with Gasteiger partial charge in [0.2, 0.25) is 0 Å². The minimum Gasteiger partial charge on any atom is -0.388 e. The molecule has 10 nitrogen and oxygen atoms in total. The molecule has 1 aliphatic rings. The van der Waals surface area contributed by atoms with E-state index in [0.717, 1.165) is 23.4 Å². The molecular weight excluding hydrogens is 475 g/mol. The number of aryl methyl sites for hydroxylation is 1. The van der Waals surface area contributed by atoms with Gasteiger partial charge >= 0.3 is 6.18 Å². The Morgan fingerprint density at radius 1 is 1.11 bits per heavy atom. The van der Waals surface area contributed by atoms with Crippen LogP contribution in [0.5, 0.6) is 0 Å². The van der Waals surface area contributed by atoms with Crippen molar-refractivity contribution >= 4 is 11.6 Å². The zero-order chi connectivity index (χ0) is 25.4. The molecule has 2 aromatic carbocycles. The number of likely N-dealkylation sites (tertiary alicyclic amines) is 1. The number of tetrazole rings is 1. The zero-order valence-electron chi connectivity index (χ0n) is 19.4. The number of alkyl halides is 3. The predicted octanol–water partition coefficient (Wildman–Crippen LogP) is 3.38. The first-order valence-electron chi connectivity index (χ1n) is 11.2. The van der Waals surface area contributed by atoms with Crippen LogP contribution < -0.4 is 5.32 Å². The highest BCUT2D eigenvalue weighted by atomic mass is 19.4. The molecule has 1 N–H and O–H groups in total. The Hall–Kier alpha value is -4.29. The van der Waals surface area contributed by atoms with Gasteiger partial charge in [-0.25, -0.2) is 4.68 Å². The molecule has 1 atom stereocenters. The van der Waals surface area contributed by atoms with Crippen LogP contribution in [0.2, 0.25) is 0 Å². The number of anilines is 1. The van der Waals surface area contributed by atoms with Crippen LogP contribution in [0.25, 0.3) is 16.9 Å². The lowest BCUT2D eigenvalue weighted by molar-refractivity contribution is -0.137. The number of carbonyl (C=O) groups excluding carboxylic acids is 1. The van der Waals surface area contributed by atoms with Crippen LogP contribution in [0, 0.1) is 6.92 Å². The summed E-state index contributed by atoms with van der Waals surface area (Å²) in [7, 11) is 1.83. The van der Waals surface area contributed by atoms with E-state index in [9.17, 15) is 18.0 Å². The Morgan fingerprint density at radius 2 is 1.94 bits per heavy atom. The first kappa shape index (κ1) is 23.5. The van der Waals surface area contributed by atoms with Crippen LogP contribution in [-0.4, -0.2) is 66.1 Å². The third-order valence-corrected chi connectivity index (χ3v) is 6.14. The SMILES string of the molecule is CNc1cccc(-c2cn(C3CCN(C(=O)c4cc(-n5nnnc5C)cc(C(F)(F)F)c4)C3)nn2)c1. The lowest BCUT2D eigenvalue weighted by Gasteiger charge is -2.18. The summed E-state index contributed by atoms with van der Waals surface area (Å²) in [6, 6.07) is 10.7. The normalized spacial score (nSPS) is 15.9. The number of carbonyl (C=O) groups is 1. The standard InChI is InChI=1S/C23H22F3N9O/c1-14-28-30-32-35(14)20-10-16(8-17(11-20)23(24,25)26)22(36)33-7-6-19(12-33)34-13-21(29-31-34)15-4-3-5-18(9-15)27-2/h3-5,8-11,13,19,27H,6-7,12H2,1-2H3. The van der Waals surface area contributed by atoms with Gasteiger partial charge < -0.3 is 10.2 Å². The predicted molar refractivity (Wildman–Crippen MR) is 123 cm³/mol. The van der Waals surface area contributed by atoms with E-state index in [2.05, 4.69) is 31.2 Å². The van der Waals surface area contributed by atoms with E-state index in [0.29, 0.717) is 31.0 Å². The van der Waals surface area contributed by atoms with Crippen molar-refractivity contribution in [2.24, 2.45) is 0 Å². The number of hydrogen-bond acceptors (Lipinski definition) is 7. The number of benzene rings is 2. The van der Waals surface area contributed by atoms with Gasteiger partial charge in [0.15, 0.2) is 5.82 Å². The summed E-state index contributed by atoms with van der Waals surface area (Å²) in [5.74, 6) is -0.200. The molecule has 1 aliphatic heterocycles. The number of halogens is 3.